The van der Waals surface area contributed by atoms with Gasteiger partial charge in [0.1, 0.15) is 5.01 Å². The number of thiazole rings is 2. The zero-order valence-corrected chi connectivity index (χ0v) is 15.7. The van der Waals surface area contributed by atoms with Gasteiger partial charge < -0.3 is 9.47 Å². The maximum absolute atomic E-state index is 12.4. The molecule has 25 heavy (non-hydrogen) atoms. The Hall–Kier alpha value is -1.97. The summed E-state index contributed by atoms with van der Waals surface area (Å²) in [6.45, 7) is 2.08. The third-order valence-electron chi connectivity index (χ3n) is 3.57. The van der Waals surface area contributed by atoms with Gasteiger partial charge in [0.15, 0.2) is 21.3 Å². The first-order valence-corrected chi connectivity index (χ1v) is 11.0. The average molecular weight is 394 g/mol. The van der Waals surface area contributed by atoms with E-state index in [1.54, 1.807) is 10.8 Å². The normalized spacial score (nSPS) is 13.3. The Kier molecular flexibility index (Phi) is 4.22. The molecule has 0 aliphatic carbocycles. The molecule has 0 atom stereocenters. The van der Waals surface area contributed by atoms with Crippen molar-refractivity contribution >= 4 is 32.5 Å². The fourth-order valence-electron chi connectivity index (χ4n) is 2.51. The zero-order chi connectivity index (χ0) is 17.4. The van der Waals surface area contributed by atoms with Crippen molar-refractivity contribution in [3.63, 3.8) is 0 Å². The zero-order valence-electron chi connectivity index (χ0n) is 13.3. The van der Waals surface area contributed by atoms with E-state index < -0.39 is 9.84 Å². The Morgan fingerprint density at radius 1 is 1.04 bits per heavy atom. The van der Waals surface area contributed by atoms with Crippen LogP contribution >= 0.6 is 22.7 Å². The summed E-state index contributed by atoms with van der Waals surface area (Å²) >= 11 is 2.86. The Bertz CT molecular complexity index is 1020. The molecular formula is C16H14N2O4S3. The molecule has 0 unspecified atom stereocenters. The molecule has 0 spiro atoms. The molecule has 9 heteroatoms. The monoisotopic (exact) mass is 394 g/mol. The van der Waals surface area contributed by atoms with Gasteiger partial charge in [-0.25, -0.2) is 18.4 Å². The molecule has 0 fully saturated rings. The van der Waals surface area contributed by atoms with Crippen LogP contribution in [0.15, 0.2) is 29.0 Å². The molecule has 4 rings (SSSR count). The van der Waals surface area contributed by atoms with Crippen molar-refractivity contribution in [2.24, 2.45) is 0 Å². The number of aryl methyl sites for hydroxylation is 1. The average Bonchev–Trinajstić information content (AvgIpc) is 3.27. The summed E-state index contributed by atoms with van der Waals surface area (Å²) in [5, 5.41) is 5.19. The van der Waals surface area contributed by atoms with Gasteiger partial charge in [0, 0.05) is 16.3 Å². The maximum atomic E-state index is 12.4. The summed E-state index contributed by atoms with van der Waals surface area (Å²) in [6.07, 6.45) is 0. The van der Waals surface area contributed by atoms with Crippen molar-refractivity contribution in [3.8, 4) is 22.1 Å². The number of fused-ring (bicyclic) bond motifs is 1. The summed E-state index contributed by atoms with van der Waals surface area (Å²) < 4.78 is 35.4. The van der Waals surface area contributed by atoms with Gasteiger partial charge in [0.2, 0.25) is 6.79 Å². The third kappa shape index (κ3) is 3.68. The first-order chi connectivity index (χ1) is 12.0. The second-order valence-electron chi connectivity index (χ2n) is 5.60. The van der Waals surface area contributed by atoms with Crippen LogP contribution in [-0.4, -0.2) is 25.2 Å². The lowest BCUT2D eigenvalue weighted by Crippen LogP contribution is -2.08. The number of rotatable bonds is 5. The van der Waals surface area contributed by atoms with E-state index in [0.717, 1.165) is 15.6 Å². The maximum Gasteiger partial charge on any atom is 0.231 e. The highest BCUT2D eigenvalue weighted by Gasteiger charge is 2.19. The standard InChI is InChI=1S/C16H14N2O4S3/c1-10-17-12(5-23-10)7-25(19,20)8-13-6-24-16(18-13)11-2-3-14-15(4-11)22-9-21-14/h2-6H,7-9H2,1H3. The van der Waals surface area contributed by atoms with E-state index in [1.807, 2.05) is 25.1 Å². The van der Waals surface area contributed by atoms with Gasteiger partial charge in [-0.3, -0.25) is 0 Å². The molecule has 2 aromatic heterocycles. The summed E-state index contributed by atoms with van der Waals surface area (Å²) in [7, 11) is -3.31. The highest BCUT2D eigenvalue weighted by molar-refractivity contribution is 7.89. The number of hydrogen-bond donors (Lipinski definition) is 0. The van der Waals surface area contributed by atoms with Crippen LogP contribution < -0.4 is 9.47 Å². The lowest BCUT2D eigenvalue weighted by molar-refractivity contribution is 0.174. The number of sulfone groups is 1. The first-order valence-electron chi connectivity index (χ1n) is 7.44. The van der Waals surface area contributed by atoms with E-state index in [1.165, 1.54) is 22.7 Å². The summed E-state index contributed by atoms with van der Waals surface area (Å²) in [5.41, 5.74) is 2.02. The van der Waals surface area contributed by atoms with Crippen LogP contribution in [0, 0.1) is 6.92 Å². The molecule has 0 radical (unpaired) electrons. The van der Waals surface area contributed by atoms with Crippen molar-refractivity contribution in [2.75, 3.05) is 6.79 Å². The van der Waals surface area contributed by atoms with Gasteiger partial charge in [-0.15, -0.1) is 22.7 Å². The van der Waals surface area contributed by atoms with E-state index >= 15 is 0 Å². The van der Waals surface area contributed by atoms with Crippen molar-refractivity contribution in [1.82, 2.24) is 9.97 Å². The first kappa shape index (κ1) is 16.5. The Morgan fingerprint density at radius 2 is 1.76 bits per heavy atom. The van der Waals surface area contributed by atoms with Crippen molar-refractivity contribution in [3.05, 3.63) is 45.4 Å². The number of nitrogens with zero attached hydrogens (tertiary/aromatic N) is 2. The second-order valence-corrected chi connectivity index (χ2v) is 9.59. The van der Waals surface area contributed by atoms with E-state index in [-0.39, 0.29) is 18.3 Å². The number of ether oxygens (including phenoxy) is 2. The van der Waals surface area contributed by atoms with Gasteiger partial charge in [-0.2, -0.15) is 0 Å². The van der Waals surface area contributed by atoms with E-state index in [0.29, 0.717) is 22.9 Å². The minimum Gasteiger partial charge on any atom is -0.454 e. The molecule has 0 N–H and O–H groups in total. The molecule has 130 valence electrons. The highest BCUT2D eigenvalue weighted by Crippen LogP contribution is 2.36. The molecule has 3 heterocycles. The molecule has 0 saturated heterocycles. The van der Waals surface area contributed by atoms with Gasteiger partial charge in [-0.1, -0.05) is 0 Å². The molecule has 1 aromatic carbocycles. The van der Waals surface area contributed by atoms with Crippen LogP contribution in [0.5, 0.6) is 11.5 Å². The second kappa shape index (κ2) is 6.40. The smallest absolute Gasteiger partial charge is 0.231 e. The van der Waals surface area contributed by atoms with Crippen LogP contribution in [0.25, 0.3) is 10.6 Å². The molecule has 0 bridgehead atoms. The fourth-order valence-corrected chi connectivity index (χ4v) is 5.45. The third-order valence-corrected chi connectivity index (χ3v) is 6.81. The SMILES string of the molecule is Cc1nc(CS(=O)(=O)Cc2csc(-c3ccc4c(c3)OCO4)n2)cs1. The van der Waals surface area contributed by atoms with Crippen molar-refractivity contribution in [1.29, 1.82) is 0 Å². The Balaban J connectivity index is 1.51. The molecule has 6 nitrogen and oxygen atoms in total. The number of aromatic nitrogens is 2. The molecule has 0 amide bonds. The molecule has 1 aliphatic rings. The van der Waals surface area contributed by atoms with Gasteiger partial charge in [0.25, 0.3) is 0 Å². The van der Waals surface area contributed by atoms with E-state index in [4.69, 9.17) is 9.47 Å². The van der Waals surface area contributed by atoms with Crippen LogP contribution in [0.2, 0.25) is 0 Å². The summed E-state index contributed by atoms with van der Waals surface area (Å²) in [6, 6.07) is 5.58. The molecule has 0 saturated carbocycles. The Morgan fingerprint density at radius 3 is 2.52 bits per heavy atom. The van der Waals surface area contributed by atoms with Crippen molar-refractivity contribution < 1.29 is 17.9 Å². The van der Waals surface area contributed by atoms with Gasteiger partial charge in [0.05, 0.1) is 27.9 Å². The topological polar surface area (TPSA) is 78.4 Å². The van der Waals surface area contributed by atoms with Crippen molar-refractivity contribution in [2.45, 2.75) is 18.4 Å². The van der Waals surface area contributed by atoms with E-state index in [9.17, 15) is 8.42 Å². The van der Waals surface area contributed by atoms with E-state index in [2.05, 4.69) is 9.97 Å². The quantitative estimate of drug-likeness (QED) is 0.660. The lowest BCUT2D eigenvalue weighted by Gasteiger charge is -2.01. The minimum absolute atomic E-state index is 0.0613. The van der Waals surface area contributed by atoms with Crippen LogP contribution in [0.1, 0.15) is 16.4 Å². The predicted molar refractivity (Wildman–Crippen MR) is 96.9 cm³/mol. The molecule has 1 aliphatic heterocycles. The van der Waals surface area contributed by atoms with Crippen LogP contribution in [-0.2, 0) is 21.3 Å². The fraction of sp³-hybridized carbons (Fsp3) is 0.250. The molecular weight excluding hydrogens is 380 g/mol. The minimum atomic E-state index is -3.31. The van der Waals surface area contributed by atoms with Crippen LogP contribution in [0.3, 0.4) is 0 Å². The van der Waals surface area contributed by atoms with Gasteiger partial charge in [-0.05, 0) is 25.1 Å². The largest absolute Gasteiger partial charge is 0.454 e. The highest BCUT2D eigenvalue weighted by atomic mass is 32.2. The van der Waals surface area contributed by atoms with Gasteiger partial charge >= 0.3 is 0 Å². The predicted octanol–water partition coefficient (Wildman–Crippen LogP) is 3.42. The van der Waals surface area contributed by atoms with Crippen LogP contribution in [0.4, 0.5) is 0 Å². The number of benzene rings is 1. The lowest BCUT2D eigenvalue weighted by atomic mass is 10.2. The Labute approximate surface area is 153 Å². The molecule has 3 aromatic rings. The summed E-state index contributed by atoms with van der Waals surface area (Å²) in [5.74, 6) is 1.24. The summed E-state index contributed by atoms with van der Waals surface area (Å²) in [4.78, 5) is 8.68. The number of hydrogen-bond acceptors (Lipinski definition) is 8.